The summed E-state index contributed by atoms with van der Waals surface area (Å²) < 4.78 is 0. The van der Waals surface area contributed by atoms with Crippen LogP contribution in [0.25, 0.3) is 0 Å². The lowest BCUT2D eigenvalue weighted by atomic mass is 9.95. The molecular weight excluding hydrogens is 212 g/mol. The zero-order valence-corrected chi connectivity index (χ0v) is 10.8. The average molecular weight is 230 g/mol. The van der Waals surface area contributed by atoms with E-state index in [9.17, 15) is 0 Å². The van der Waals surface area contributed by atoms with Crippen molar-refractivity contribution in [1.29, 1.82) is 0 Å². The van der Waals surface area contributed by atoms with Gasteiger partial charge >= 0.3 is 0 Å². The van der Waals surface area contributed by atoms with E-state index in [1.165, 1.54) is 38.5 Å². The Balaban J connectivity index is 2.27. The second-order valence-corrected chi connectivity index (χ2v) is 5.84. The summed E-state index contributed by atoms with van der Waals surface area (Å²) in [6, 6.07) is 0. The van der Waals surface area contributed by atoms with Gasteiger partial charge in [0.25, 0.3) is 0 Å². The summed E-state index contributed by atoms with van der Waals surface area (Å²) in [4.78, 5) is 1.57. The molecule has 0 fully saturated rings. The molecule has 0 saturated carbocycles. The molecule has 0 aliphatic heterocycles. The molecule has 0 heterocycles. The predicted molar refractivity (Wildman–Crippen MR) is 71.3 cm³/mol. The highest BCUT2D eigenvalue weighted by Gasteiger charge is 2.26. The Hall–Kier alpha value is -0.690. The zero-order chi connectivity index (χ0) is 11.1. The van der Waals surface area contributed by atoms with Gasteiger partial charge in [-0.2, -0.15) is 0 Å². The molecular formula is C15H18S. The summed E-state index contributed by atoms with van der Waals surface area (Å²) in [5.74, 6) is 0. The standard InChI is InChI=1S/C15H18S/c1-3-16-15-13-8-4-6-11(13)10(2)12-7-5-9-14(12)15/h3H,1,4-9H2,2H3. The molecule has 1 aromatic carbocycles. The predicted octanol–water partition coefficient (Wildman–Crippen LogP) is 4.21. The minimum Gasteiger partial charge on any atom is -0.0981 e. The fourth-order valence-corrected chi connectivity index (χ4v) is 4.31. The SMILES string of the molecule is C=CSc1c2c(c(C)c3c1CCC3)CCC2. The molecule has 16 heavy (non-hydrogen) atoms. The van der Waals surface area contributed by atoms with Gasteiger partial charge in [-0.05, 0) is 78.7 Å². The molecule has 0 nitrogen and oxygen atoms in total. The molecule has 0 amide bonds. The first-order valence-corrected chi connectivity index (χ1v) is 7.14. The number of benzene rings is 1. The van der Waals surface area contributed by atoms with E-state index in [0.717, 1.165) is 0 Å². The van der Waals surface area contributed by atoms with Crippen LogP contribution in [-0.2, 0) is 25.7 Å². The van der Waals surface area contributed by atoms with Crippen LogP contribution in [0, 0.1) is 6.92 Å². The molecule has 1 heteroatoms. The van der Waals surface area contributed by atoms with Crippen LogP contribution in [0.1, 0.15) is 40.7 Å². The van der Waals surface area contributed by atoms with Crippen molar-refractivity contribution < 1.29 is 0 Å². The van der Waals surface area contributed by atoms with Crippen LogP contribution >= 0.6 is 11.8 Å². The van der Waals surface area contributed by atoms with Crippen LogP contribution in [0.3, 0.4) is 0 Å². The van der Waals surface area contributed by atoms with Gasteiger partial charge in [0.05, 0.1) is 0 Å². The monoisotopic (exact) mass is 230 g/mol. The summed E-state index contributed by atoms with van der Waals surface area (Å²) in [6.07, 6.45) is 7.89. The average Bonchev–Trinajstić information content (AvgIpc) is 2.92. The number of hydrogen-bond donors (Lipinski definition) is 0. The third-order valence-electron chi connectivity index (χ3n) is 4.09. The van der Waals surface area contributed by atoms with E-state index < -0.39 is 0 Å². The maximum Gasteiger partial charge on any atom is 0.0185 e. The highest BCUT2D eigenvalue weighted by atomic mass is 32.2. The van der Waals surface area contributed by atoms with E-state index >= 15 is 0 Å². The van der Waals surface area contributed by atoms with Gasteiger partial charge < -0.3 is 0 Å². The molecule has 0 bridgehead atoms. The van der Waals surface area contributed by atoms with E-state index in [0.29, 0.717) is 0 Å². The molecule has 2 aliphatic carbocycles. The third-order valence-corrected chi connectivity index (χ3v) is 4.99. The number of fused-ring (bicyclic) bond motifs is 2. The van der Waals surface area contributed by atoms with Crippen molar-refractivity contribution in [2.24, 2.45) is 0 Å². The van der Waals surface area contributed by atoms with Gasteiger partial charge in [0.1, 0.15) is 0 Å². The first-order chi connectivity index (χ1) is 7.83. The molecule has 0 saturated heterocycles. The van der Waals surface area contributed by atoms with Crippen LogP contribution < -0.4 is 0 Å². The minimum atomic E-state index is 1.29. The van der Waals surface area contributed by atoms with Crippen molar-refractivity contribution in [2.45, 2.75) is 50.3 Å². The largest absolute Gasteiger partial charge is 0.0981 e. The first kappa shape index (κ1) is 10.5. The fourth-order valence-electron chi connectivity index (χ4n) is 3.41. The van der Waals surface area contributed by atoms with Crippen molar-refractivity contribution in [2.75, 3.05) is 0 Å². The van der Waals surface area contributed by atoms with Crippen molar-refractivity contribution in [3.8, 4) is 0 Å². The van der Waals surface area contributed by atoms with Gasteiger partial charge in [-0.15, -0.1) is 0 Å². The van der Waals surface area contributed by atoms with Gasteiger partial charge in [0.15, 0.2) is 0 Å². The Morgan fingerprint density at radius 1 is 0.938 bits per heavy atom. The van der Waals surface area contributed by atoms with Crippen molar-refractivity contribution in [1.82, 2.24) is 0 Å². The Labute approximate surface area is 102 Å². The maximum atomic E-state index is 3.89. The molecule has 0 unspecified atom stereocenters. The molecule has 0 atom stereocenters. The van der Waals surface area contributed by atoms with E-state index in [-0.39, 0.29) is 0 Å². The highest BCUT2D eigenvalue weighted by Crippen LogP contribution is 2.42. The highest BCUT2D eigenvalue weighted by molar-refractivity contribution is 8.02. The van der Waals surface area contributed by atoms with Crippen LogP contribution in [0.2, 0.25) is 0 Å². The molecule has 84 valence electrons. The Bertz CT molecular complexity index is 422. The van der Waals surface area contributed by atoms with E-state index in [1.807, 2.05) is 17.2 Å². The van der Waals surface area contributed by atoms with Crippen molar-refractivity contribution in [3.05, 3.63) is 39.8 Å². The van der Waals surface area contributed by atoms with E-state index in [4.69, 9.17) is 0 Å². The zero-order valence-electron chi connectivity index (χ0n) is 9.94. The summed E-state index contributed by atoms with van der Waals surface area (Å²) >= 11 is 1.86. The first-order valence-electron chi connectivity index (χ1n) is 6.26. The minimum absolute atomic E-state index is 1.29. The summed E-state index contributed by atoms with van der Waals surface area (Å²) in [7, 11) is 0. The molecule has 0 spiro atoms. The third kappa shape index (κ3) is 1.37. The number of hydrogen-bond acceptors (Lipinski definition) is 1. The Morgan fingerprint density at radius 3 is 1.94 bits per heavy atom. The van der Waals surface area contributed by atoms with Crippen molar-refractivity contribution in [3.63, 3.8) is 0 Å². The summed E-state index contributed by atoms with van der Waals surface area (Å²) in [6.45, 7) is 6.24. The van der Waals surface area contributed by atoms with Crippen molar-refractivity contribution >= 4 is 11.8 Å². The lowest BCUT2D eigenvalue weighted by molar-refractivity contribution is 0.883. The number of rotatable bonds is 2. The second-order valence-electron chi connectivity index (χ2n) is 4.86. The maximum absolute atomic E-state index is 3.89. The van der Waals surface area contributed by atoms with Gasteiger partial charge in [-0.1, -0.05) is 18.3 Å². The van der Waals surface area contributed by atoms with Crippen LogP contribution in [0.4, 0.5) is 0 Å². The normalized spacial score (nSPS) is 17.3. The van der Waals surface area contributed by atoms with Gasteiger partial charge in [-0.3, -0.25) is 0 Å². The van der Waals surface area contributed by atoms with Crippen LogP contribution in [0.5, 0.6) is 0 Å². The molecule has 3 rings (SSSR count). The van der Waals surface area contributed by atoms with Gasteiger partial charge in [-0.25, -0.2) is 0 Å². The van der Waals surface area contributed by atoms with E-state index in [2.05, 4.69) is 13.5 Å². The lowest BCUT2D eigenvalue weighted by Crippen LogP contribution is -1.99. The topological polar surface area (TPSA) is 0 Å². The summed E-state index contributed by atoms with van der Waals surface area (Å²) in [5, 5.41) is 2.00. The van der Waals surface area contributed by atoms with E-state index in [1.54, 1.807) is 32.7 Å². The van der Waals surface area contributed by atoms with Crippen LogP contribution in [0.15, 0.2) is 16.9 Å². The van der Waals surface area contributed by atoms with Crippen LogP contribution in [-0.4, -0.2) is 0 Å². The molecule has 0 aromatic heterocycles. The van der Waals surface area contributed by atoms with Gasteiger partial charge in [0.2, 0.25) is 0 Å². The molecule has 2 aliphatic rings. The van der Waals surface area contributed by atoms with Gasteiger partial charge in [0, 0.05) is 4.90 Å². The molecule has 1 aromatic rings. The number of thioether (sulfide) groups is 1. The Morgan fingerprint density at radius 2 is 1.44 bits per heavy atom. The lowest BCUT2D eigenvalue weighted by Gasteiger charge is -2.16. The second kappa shape index (κ2) is 3.96. The molecule has 0 radical (unpaired) electrons. The summed E-state index contributed by atoms with van der Waals surface area (Å²) in [5.41, 5.74) is 8.27. The fraction of sp³-hybridized carbons (Fsp3) is 0.467. The Kier molecular flexibility index (Phi) is 2.59. The smallest absolute Gasteiger partial charge is 0.0185 e. The molecule has 0 N–H and O–H groups in total. The quantitative estimate of drug-likeness (QED) is 0.686.